The predicted molar refractivity (Wildman–Crippen MR) is 65.2 cm³/mol. The molecule has 0 aromatic carbocycles. The van der Waals surface area contributed by atoms with Gasteiger partial charge in [0.25, 0.3) is 0 Å². The van der Waals surface area contributed by atoms with Crippen molar-refractivity contribution in [3.8, 4) is 0 Å². The normalized spacial score (nSPS) is 26.5. The van der Waals surface area contributed by atoms with Crippen LogP contribution in [0.5, 0.6) is 0 Å². The summed E-state index contributed by atoms with van der Waals surface area (Å²) < 4.78 is 0. The van der Waals surface area contributed by atoms with Gasteiger partial charge < -0.3 is 10.6 Å². The Kier molecular flexibility index (Phi) is 3.53. The highest BCUT2D eigenvalue weighted by atomic mass is 16.1. The molecule has 0 bridgehead atoms. The molecule has 92 valence electrons. The third-order valence-corrected chi connectivity index (χ3v) is 3.93. The molecule has 0 spiro atoms. The summed E-state index contributed by atoms with van der Waals surface area (Å²) in [6.07, 6.45) is 5.66. The molecule has 0 radical (unpaired) electrons. The van der Waals surface area contributed by atoms with Gasteiger partial charge in [-0.15, -0.1) is 0 Å². The van der Waals surface area contributed by atoms with Crippen molar-refractivity contribution in [2.24, 2.45) is 11.8 Å². The van der Waals surface area contributed by atoms with Crippen LogP contribution >= 0.6 is 0 Å². The van der Waals surface area contributed by atoms with Crippen molar-refractivity contribution < 1.29 is 4.79 Å². The van der Waals surface area contributed by atoms with Crippen LogP contribution in [0.15, 0.2) is 0 Å². The topological polar surface area (TPSA) is 41.1 Å². The third kappa shape index (κ3) is 3.21. The number of hydrogen-bond donors (Lipinski definition) is 2. The second kappa shape index (κ2) is 4.74. The first-order chi connectivity index (χ1) is 7.58. The maximum atomic E-state index is 11.9. The van der Waals surface area contributed by atoms with Gasteiger partial charge in [-0.25, -0.2) is 0 Å². The van der Waals surface area contributed by atoms with Crippen LogP contribution < -0.4 is 10.6 Å². The molecule has 0 aromatic rings. The van der Waals surface area contributed by atoms with Crippen LogP contribution in [0.2, 0.25) is 0 Å². The molecule has 1 atom stereocenters. The van der Waals surface area contributed by atoms with Crippen molar-refractivity contribution in [2.75, 3.05) is 13.1 Å². The zero-order chi connectivity index (χ0) is 11.6. The van der Waals surface area contributed by atoms with Crippen molar-refractivity contribution in [2.45, 2.75) is 51.5 Å². The minimum Gasteiger partial charge on any atom is -0.351 e. The first-order valence-electron chi connectivity index (χ1n) is 6.59. The Hall–Kier alpha value is -0.570. The highest BCUT2D eigenvalue weighted by Gasteiger charge is 2.38. The van der Waals surface area contributed by atoms with Gasteiger partial charge in [-0.3, -0.25) is 4.79 Å². The van der Waals surface area contributed by atoms with E-state index in [4.69, 9.17) is 0 Å². The molecule has 3 heteroatoms. The van der Waals surface area contributed by atoms with E-state index in [-0.39, 0.29) is 11.4 Å². The Morgan fingerprint density at radius 2 is 2.12 bits per heavy atom. The van der Waals surface area contributed by atoms with E-state index < -0.39 is 0 Å². The molecule has 2 N–H and O–H groups in total. The van der Waals surface area contributed by atoms with Crippen molar-refractivity contribution in [3.63, 3.8) is 0 Å². The maximum Gasteiger partial charge on any atom is 0.220 e. The Bertz CT molecular complexity index is 253. The zero-order valence-electron chi connectivity index (χ0n) is 10.5. The van der Waals surface area contributed by atoms with Crippen molar-refractivity contribution in [1.82, 2.24) is 10.6 Å². The first-order valence-corrected chi connectivity index (χ1v) is 6.59. The predicted octanol–water partition coefficient (Wildman–Crippen LogP) is 1.68. The van der Waals surface area contributed by atoms with Crippen molar-refractivity contribution in [1.29, 1.82) is 0 Å². The van der Waals surface area contributed by atoms with E-state index in [0.29, 0.717) is 18.3 Å². The highest BCUT2D eigenvalue weighted by molar-refractivity contribution is 5.77. The summed E-state index contributed by atoms with van der Waals surface area (Å²) in [7, 11) is 0. The van der Waals surface area contributed by atoms with E-state index in [1.54, 1.807) is 0 Å². The molecule has 2 rings (SSSR count). The standard InChI is InChI=1S/C13H24N2O/c1-13(2,11-5-6-11)15-12(16)8-10-4-3-7-14-9-10/h10-11,14H,3-9H2,1-2H3,(H,15,16). The van der Waals surface area contributed by atoms with Crippen LogP contribution in [-0.4, -0.2) is 24.5 Å². The van der Waals surface area contributed by atoms with E-state index >= 15 is 0 Å². The van der Waals surface area contributed by atoms with Crippen LogP contribution in [0.25, 0.3) is 0 Å². The fraction of sp³-hybridized carbons (Fsp3) is 0.923. The summed E-state index contributed by atoms with van der Waals surface area (Å²) in [5.74, 6) is 1.50. The number of piperidine rings is 1. The average molecular weight is 224 g/mol. The summed E-state index contributed by atoms with van der Waals surface area (Å²) in [5.41, 5.74) is 0.0131. The van der Waals surface area contributed by atoms with Gasteiger partial charge >= 0.3 is 0 Å². The number of rotatable bonds is 4. The van der Waals surface area contributed by atoms with E-state index in [9.17, 15) is 4.79 Å². The molecule has 1 amide bonds. The highest BCUT2D eigenvalue weighted by Crippen LogP contribution is 2.39. The summed E-state index contributed by atoms with van der Waals surface area (Å²) >= 11 is 0. The molecule has 3 nitrogen and oxygen atoms in total. The Morgan fingerprint density at radius 3 is 2.69 bits per heavy atom. The quantitative estimate of drug-likeness (QED) is 0.763. The number of nitrogens with one attached hydrogen (secondary N) is 2. The van der Waals surface area contributed by atoms with Crippen molar-refractivity contribution in [3.05, 3.63) is 0 Å². The molecule has 1 heterocycles. The van der Waals surface area contributed by atoms with Crippen LogP contribution in [0.1, 0.15) is 46.0 Å². The largest absolute Gasteiger partial charge is 0.351 e. The minimum absolute atomic E-state index is 0.0131. The molecule has 1 saturated carbocycles. The molecule has 1 saturated heterocycles. The van der Waals surface area contributed by atoms with Gasteiger partial charge in [0, 0.05) is 12.0 Å². The summed E-state index contributed by atoms with van der Waals surface area (Å²) in [6.45, 7) is 6.44. The van der Waals surface area contributed by atoms with Gasteiger partial charge in [-0.1, -0.05) is 0 Å². The fourth-order valence-electron chi connectivity index (χ4n) is 2.68. The van der Waals surface area contributed by atoms with E-state index in [1.807, 2.05) is 0 Å². The Balaban J connectivity index is 1.74. The Morgan fingerprint density at radius 1 is 1.38 bits per heavy atom. The van der Waals surface area contributed by atoms with Gasteiger partial charge in [0.15, 0.2) is 0 Å². The first kappa shape index (κ1) is 11.9. The third-order valence-electron chi connectivity index (χ3n) is 3.93. The van der Waals surface area contributed by atoms with Gasteiger partial charge in [-0.05, 0) is 64.5 Å². The lowest BCUT2D eigenvalue weighted by Crippen LogP contribution is -2.46. The lowest BCUT2D eigenvalue weighted by Gasteiger charge is -2.28. The van der Waals surface area contributed by atoms with E-state index in [2.05, 4.69) is 24.5 Å². The molecule has 1 aliphatic heterocycles. The molecule has 0 aromatic heterocycles. The summed E-state index contributed by atoms with van der Waals surface area (Å²) in [4.78, 5) is 11.9. The van der Waals surface area contributed by atoms with Crippen LogP contribution in [0.3, 0.4) is 0 Å². The minimum atomic E-state index is 0.0131. The van der Waals surface area contributed by atoms with Gasteiger partial charge in [0.1, 0.15) is 0 Å². The lowest BCUT2D eigenvalue weighted by molar-refractivity contribution is -0.124. The molecule has 1 aliphatic carbocycles. The summed E-state index contributed by atoms with van der Waals surface area (Å²) in [6, 6.07) is 0. The fourth-order valence-corrected chi connectivity index (χ4v) is 2.68. The maximum absolute atomic E-state index is 11.9. The average Bonchev–Trinajstić information content (AvgIpc) is 3.01. The summed E-state index contributed by atoms with van der Waals surface area (Å²) in [5, 5.41) is 6.56. The smallest absolute Gasteiger partial charge is 0.220 e. The van der Waals surface area contributed by atoms with Crippen LogP contribution in [0.4, 0.5) is 0 Å². The monoisotopic (exact) mass is 224 g/mol. The van der Waals surface area contributed by atoms with E-state index in [0.717, 1.165) is 13.1 Å². The lowest BCUT2D eigenvalue weighted by atomic mass is 9.94. The Labute approximate surface area is 98.4 Å². The molecule has 1 unspecified atom stereocenters. The molecular weight excluding hydrogens is 200 g/mol. The van der Waals surface area contributed by atoms with Gasteiger partial charge in [0.2, 0.25) is 5.91 Å². The molecule has 2 aliphatic rings. The number of carbonyl (C=O) groups excluding carboxylic acids is 1. The van der Waals surface area contributed by atoms with Gasteiger partial charge in [0.05, 0.1) is 0 Å². The number of hydrogen-bond acceptors (Lipinski definition) is 2. The molecule has 2 fully saturated rings. The second-order valence-electron chi connectivity index (χ2n) is 5.96. The SMILES string of the molecule is CC(C)(NC(=O)CC1CCCNC1)C1CC1. The number of carbonyl (C=O) groups is 1. The number of amides is 1. The van der Waals surface area contributed by atoms with Crippen molar-refractivity contribution >= 4 is 5.91 Å². The molecule has 16 heavy (non-hydrogen) atoms. The second-order valence-corrected chi connectivity index (χ2v) is 5.96. The van der Waals surface area contributed by atoms with Gasteiger partial charge in [-0.2, -0.15) is 0 Å². The zero-order valence-corrected chi connectivity index (χ0v) is 10.5. The van der Waals surface area contributed by atoms with E-state index in [1.165, 1.54) is 25.7 Å². The molecular formula is C13H24N2O. The van der Waals surface area contributed by atoms with Crippen LogP contribution in [0, 0.1) is 11.8 Å². The van der Waals surface area contributed by atoms with Crippen LogP contribution in [-0.2, 0) is 4.79 Å².